The number of hydrogen-bond acceptors (Lipinski definition) is 4. The number of aryl methyl sites for hydroxylation is 1. The van der Waals surface area contributed by atoms with Crippen LogP contribution >= 0.6 is 0 Å². The number of fused-ring (bicyclic) bond motifs is 1. The summed E-state index contributed by atoms with van der Waals surface area (Å²) in [7, 11) is 1.90. The largest absolute Gasteiger partial charge is 0.341 e. The second-order valence-electron chi connectivity index (χ2n) is 11.8. The third-order valence-electron chi connectivity index (χ3n) is 8.83. The molecular formula is C31H40FN5O3. The maximum absolute atomic E-state index is 14.0. The number of benzene rings is 2. The number of amides is 4. The van der Waals surface area contributed by atoms with Gasteiger partial charge in [0.05, 0.1) is 5.41 Å². The molecule has 0 spiro atoms. The van der Waals surface area contributed by atoms with Crippen LogP contribution in [-0.4, -0.2) is 79.0 Å². The molecule has 0 radical (unpaired) electrons. The van der Waals surface area contributed by atoms with Crippen LogP contribution in [0.2, 0.25) is 0 Å². The smallest absolute Gasteiger partial charge is 0.318 e. The SMILES string of the molecule is CN[C@H]1CCN(C(=O)N[C@@H](CCc2ccccc2)C(=O)N2CCC(N3C(=O)C(C)(C)c4cc(F)ccc43)CC2)C1. The van der Waals surface area contributed by atoms with E-state index < -0.39 is 11.5 Å². The highest BCUT2D eigenvalue weighted by atomic mass is 19.1. The second kappa shape index (κ2) is 11.6. The number of halogens is 1. The molecule has 2 saturated heterocycles. The van der Waals surface area contributed by atoms with Crippen molar-refractivity contribution in [2.75, 3.05) is 38.1 Å². The zero-order valence-electron chi connectivity index (χ0n) is 23.7. The quantitative estimate of drug-likeness (QED) is 0.554. The predicted molar refractivity (Wildman–Crippen MR) is 153 cm³/mol. The van der Waals surface area contributed by atoms with Crippen molar-refractivity contribution in [3.05, 3.63) is 65.5 Å². The molecule has 3 heterocycles. The number of carbonyl (C=O) groups is 3. The number of piperidine rings is 1. The first-order valence-corrected chi connectivity index (χ1v) is 14.4. The molecule has 5 rings (SSSR count). The van der Waals surface area contributed by atoms with Crippen LogP contribution < -0.4 is 15.5 Å². The molecule has 2 aromatic carbocycles. The van der Waals surface area contributed by atoms with Crippen molar-refractivity contribution in [2.24, 2.45) is 0 Å². The summed E-state index contributed by atoms with van der Waals surface area (Å²) in [5, 5.41) is 6.27. The zero-order chi connectivity index (χ0) is 28.4. The number of nitrogens with zero attached hydrogens (tertiary/aromatic N) is 3. The first-order valence-electron chi connectivity index (χ1n) is 14.4. The lowest BCUT2D eigenvalue weighted by atomic mass is 9.86. The molecule has 40 heavy (non-hydrogen) atoms. The molecule has 0 saturated carbocycles. The van der Waals surface area contributed by atoms with E-state index in [1.54, 1.807) is 11.0 Å². The molecule has 4 amide bonds. The van der Waals surface area contributed by atoms with E-state index in [1.807, 2.05) is 61.0 Å². The van der Waals surface area contributed by atoms with Gasteiger partial charge in [-0.25, -0.2) is 9.18 Å². The van der Waals surface area contributed by atoms with Gasteiger partial charge in [-0.1, -0.05) is 30.3 Å². The Morgan fingerprint density at radius 3 is 2.40 bits per heavy atom. The van der Waals surface area contributed by atoms with Crippen molar-refractivity contribution in [1.29, 1.82) is 0 Å². The van der Waals surface area contributed by atoms with E-state index in [2.05, 4.69) is 10.6 Å². The Kier molecular flexibility index (Phi) is 8.12. The molecule has 2 aromatic rings. The summed E-state index contributed by atoms with van der Waals surface area (Å²) in [6.45, 7) is 5.95. The molecule has 2 atom stereocenters. The molecule has 0 aliphatic carbocycles. The third kappa shape index (κ3) is 5.57. The van der Waals surface area contributed by atoms with Crippen molar-refractivity contribution in [3.8, 4) is 0 Å². The van der Waals surface area contributed by atoms with Crippen LogP contribution in [-0.2, 0) is 21.4 Å². The van der Waals surface area contributed by atoms with Crippen LogP contribution in [0.15, 0.2) is 48.5 Å². The minimum Gasteiger partial charge on any atom is -0.341 e. The van der Waals surface area contributed by atoms with Gasteiger partial charge in [-0.2, -0.15) is 0 Å². The lowest BCUT2D eigenvalue weighted by Gasteiger charge is -2.39. The van der Waals surface area contributed by atoms with E-state index in [-0.39, 0.29) is 35.7 Å². The number of nitrogens with one attached hydrogen (secondary N) is 2. The maximum Gasteiger partial charge on any atom is 0.318 e. The molecule has 3 aliphatic rings. The molecule has 0 aromatic heterocycles. The van der Waals surface area contributed by atoms with Gasteiger partial charge in [0.2, 0.25) is 11.8 Å². The number of hydrogen-bond donors (Lipinski definition) is 2. The van der Waals surface area contributed by atoms with E-state index in [1.165, 1.54) is 12.1 Å². The fraction of sp³-hybridized carbons (Fsp3) is 0.516. The number of rotatable bonds is 7. The van der Waals surface area contributed by atoms with E-state index in [0.29, 0.717) is 57.4 Å². The Morgan fingerprint density at radius 1 is 1.02 bits per heavy atom. The summed E-state index contributed by atoms with van der Waals surface area (Å²) >= 11 is 0. The minimum atomic E-state index is -0.793. The topological polar surface area (TPSA) is 85.0 Å². The Labute approximate surface area is 235 Å². The molecular weight excluding hydrogens is 509 g/mol. The average Bonchev–Trinajstić information content (AvgIpc) is 3.52. The number of urea groups is 1. The molecule has 2 fully saturated rings. The molecule has 9 heteroatoms. The Balaban J connectivity index is 1.26. The summed E-state index contributed by atoms with van der Waals surface area (Å²) in [6, 6.07) is 13.9. The number of likely N-dealkylation sites (tertiary alicyclic amines) is 2. The van der Waals surface area contributed by atoms with Crippen molar-refractivity contribution in [2.45, 2.75) is 69.5 Å². The maximum atomic E-state index is 14.0. The van der Waals surface area contributed by atoms with E-state index in [0.717, 1.165) is 17.7 Å². The van der Waals surface area contributed by atoms with Gasteiger partial charge in [0.25, 0.3) is 0 Å². The van der Waals surface area contributed by atoms with Gasteiger partial charge in [0, 0.05) is 44.0 Å². The monoisotopic (exact) mass is 549 g/mol. The molecule has 2 N–H and O–H groups in total. The lowest BCUT2D eigenvalue weighted by Crippen LogP contribution is -2.55. The summed E-state index contributed by atoms with van der Waals surface area (Å²) < 4.78 is 14.0. The Hall–Kier alpha value is -3.46. The molecule has 0 unspecified atom stereocenters. The molecule has 214 valence electrons. The average molecular weight is 550 g/mol. The number of likely N-dealkylation sites (N-methyl/N-ethyl adjacent to an activating group) is 1. The summed E-state index contributed by atoms with van der Waals surface area (Å²) in [5.41, 5.74) is 1.80. The normalized spacial score (nSPS) is 21.4. The fourth-order valence-corrected chi connectivity index (χ4v) is 6.31. The first kappa shape index (κ1) is 28.1. The van der Waals surface area contributed by atoms with Gasteiger partial charge < -0.3 is 25.3 Å². The standard InChI is InChI=1S/C31H40FN5O3/c1-31(2)25-19-22(32)10-12-27(25)37(29(31)39)24-14-17-35(18-15-24)28(38)26(11-9-21-7-5-4-6-8-21)34-30(40)36-16-13-23(20-36)33-3/h4-8,10,12,19,23-24,26,33H,9,11,13-18,20H2,1-3H3,(H,34,40)/t23-,26-/m0/s1. The fourth-order valence-electron chi connectivity index (χ4n) is 6.31. The minimum absolute atomic E-state index is 0.0311. The Morgan fingerprint density at radius 2 is 1.73 bits per heavy atom. The first-order chi connectivity index (χ1) is 19.2. The van der Waals surface area contributed by atoms with Gasteiger partial charge in [-0.3, -0.25) is 9.59 Å². The van der Waals surface area contributed by atoms with Gasteiger partial charge in [-0.05, 0) is 82.3 Å². The summed E-state index contributed by atoms with van der Waals surface area (Å²) in [6.07, 6.45) is 3.33. The number of anilines is 1. The van der Waals surface area contributed by atoms with Crippen molar-refractivity contribution in [3.63, 3.8) is 0 Å². The van der Waals surface area contributed by atoms with E-state index >= 15 is 0 Å². The van der Waals surface area contributed by atoms with E-state index in [4.69, 9.17) is 0 Å². The summed E-state index contributed by atoms with van der Waals surface area (Å²) in [5.74, 6) is -0.458. The van der Waals surface area contributed by atoms with Gasteiger partial charge in [0.15, 0.2) is 0 Å². The summed E-state index contributed by atoms with van der Waals surface area (Å²) in [4.78, 5) is 45.7. The van der Waals surface area contributed by atoms with Crippen molar-refractivity contribution >= 4 is 23.5 Å². The lowest BCUT2D eigenvalue weighted by molar-refractivity contribution is -0.134. The van der Waals surface area contributed by atoms with Crippen LogP contribution in [0.4, 0.5) is 14.9 Å². The second-order valence-corrected chi connectivity index (χ2v) is 11.8. The van der Waals surface area contributed by atoms with Crippen LogP contribution in [0.5, 0.6) is 0 Å². The molecule has 3 aliphatic heterocycles. The van der Waals surface area contributed by atoms with Crippen molar-refractivity contribution in [1.82, 2.24) is 20.4 Å². The highest BCUT2D eigenvalue weighted by Crippen LogP contribution is 2.44. The van der Waals surface area contributed by atoms with Crippen LogP contribution in [0.25, 0.3) is 0 Å². The van der Waals surface area contributed by atoms with Crippen LogP contribution in [0, 0.1) is 5.82 Å². The van der Waals surface area contributed by atoms with Crippen LogP contribution in [0.3, 0.4) is 0 Å². The highest BCUT2D eigenvalue weighted by molar-refractivity contribution is 6.08. The number of carbonyl (C=O) groups excluding carboxylic acids is 3. The molecule has 0 bridgehead atoms. The third-order valence-corrected chi connectivity index (χ3v) is 8.83. The van der Waals surface area contributed by atoms with Gasteiger partial charge >= 0.3 is 6.03 Å². The van der Waals surface area contributed by atoms with Gasteiger partial charge in [0.1, 0.15) is 11.9 Å². The molecule has 8 nitrogen and oxygen atoms in total. The van der Waals surface area contributed by atoms with Gasteiger partial charge in [-0.15, -0.1) is 0 Å². The predicted octanol–water partition coefficient (Wildman–Crippen LogP) is 3.45. The Bertz CT molecular complexity index is 1240. The van der Waals surface area contributed by atoms with Crippen LogP contribution in [0.1, 0.15) is 50.7 Å². The van der Waals surface area contributed by atoms with E-state index in [9.17, 15) is 18.8 Å². The van der Waals surface area contributed by atoms with Crippen molar-refractivity contribution < 1.29 is 18.8 Å². The highest BCUT2D eigenvalue weighted by Gasteiger charge is 2.47. The zero-order valence-corrected chi connectivity index (χ0v) is 23.7.